The van der Waals surface area contributed by atoms with E-state index in [9.17, 15) is 34.2 Å². The molecule has 0 heterocycles. The monoisotopic (exact) mass is 510 g/mol. The van der Waals surface area contributed by atoms with Crippen LogP contribution in [0.25, 0.3) is 0 Å². The van der Waals surface area contributed by atoms with Crippen molar-refractivity contribution in [2.24, 2.45) is 10.8 Å². The molecular formula is C30H38O7. The van der Waals surface area contributed by atoms with E-state index in [0.717, 1.165) is 12.8 Å². The van der Waals surface area contributed by atoms with Crippen molar-refractivity contribution in [2.45, 2.75) is 79.1 Å². The number of carboxylic acids is 1. The summed E-state index contributed by atoms with van der Waals surface area (Å²) in [6.07, 6.45) is 12.7. The number of Topliss-reactive ketones (excluding diaryl/α,β-unsaturated/α-hetero) is 2. The van der Waals surface area contributed by atoms with Crippen LogP contribution in [0.3, 0.4) is 0 Å². The van der Waals surface area contributed by atoms with Crippen LogP contribution in [0.4, 0.5) is 0 Å². The van der Waals surface area contributed by atoms with Gasteiger partial charge in [0.05, 0.1) is 5.41 Å². The van der Waals surface area contributed by atoms with E-state index in [0.29, 0.717) is 49.7 Å². The summed E-state index contributed by atoms with van der Waals surface area (Å²) in [6, 6.07) is 0. The Hall–Kier alpha value is -3.19. The number of carbonyl (C=O) groups is 5. The summed E-state index contributed by atoms with van der Waals surface area (Å²) in [6.45, 7) is 7.34. The molecule has 0 spiro atoms. The highest BCUT2D eigenvalue weighted by atomic mass is 16.4. The fourth-order valence-electron chi connectivity index (χ4n) is 4.15. The molecule has 2 rings (SSSR count). The first-order valence-corrected chi connectivity index (χ1v) is 12.8. The van der Waals surface area contributed by atoms with Crippen molar-refractivity contribution in [3.63, 3.8) is 0 Å². The number of carboxylic acid groups (broad SMARTS) is 1. The lowest BCUT2D eigenvalue weighted by molar-refractivity contribution is -0.147. The SMILES string of the molecule is CC(C)(CO)CCCCC1=CC(=O)C=C(/C=C\C2=CC(=O)C=C(CCCCC(C)(C)C(=O)O)C2=O)C1=O. The maximum absolute atomic E-state index is 12.9. The highest BCUT2D eigenvalue weighted by Gasteiger charge is 2.27. The normalized spacial score (nSPS) is 17.1. The van der Waals surface area contributed by atoms with E-state index in [1.807, 2.05) is 13.8 Å². The third-order valence-electron chi connectivity index (χ3n) is 6.83. The van der Waals surface area contributed by atoms with Gasteiger partial charge in [-0.3, -0.25) is 24.0 Å². The summed E-state index contributed by atoms with van der Waals surface area (Å²) >= 11 is 0. The zero-order valence-corrected chi connectivity index (χ0v) is 22.3. The quantitative estimate of drug-likeness (QED) is 0.254. The molecule has 2 N–H and O–H groups in total. The molecular weight excluding hydrogens is 472 g/mol. The van der Waals surface area contributed by atoms with E-state index >= 15 is 0 Å². The highest BCUT2D eigenvalue weighted by molar-refractivity contribution is 6.23. The Labute approximate surface area is 218 Å². The second-order valence-corrected chi connectivity index (χ2v) is 11.3. The van der Waals surface area contributed by atoms with Gasteiger partial charge in [-0.25, -0.2) is 0 Å². The first-order chi connectivity index (χ1) is 17.3. The maximum Gasteiger partial charge on any atom is 0.309 e. The number of hydrogen-bond donors (Lipinski definition) is 2. The van der Waals surface area contributed by atoms with Gasteiger partial charge in [0.2, 0.25) is 0 Å². The van der Waals surface area contributed by atoms with Gasteiger partial charge < -0.3 is 10.2 Å². The number of aliphatic hydroxyl groups is 1. The Balaban J connectivity index is 1.97. The van der Waals surface area contributed by atoms with Gasteiger partial charge in [-0.2, -0.15) is 0 Å². The molecule has 0 saturated carbocycles. The van der Waals surface area contributed by atoms with Crippen LogP contribution in [-0.4, -0.2) is 45.9 Å². The van der Waals surface area contributed by atoms with E-state index in [4.69, 9.17) is 0 Å². The average Bonchev–Trinajstić information content (AvgIpc) is 2.82. The molecule has 0 radical (unpaired) electrons. The topological polar surface area (TPSA) is 126 Å². The molecule has 0 aromatic rings. The smallest absolute Gasteiger partial charge is 0.309 e. The second kappa shape index (κ2) is 12.9. The largest absolute Gasteiger partial charge is 0.481 e. The molecule has 2 aliphatic rings. The van der Waals surface area contributed by atoms with Crippen LogP contribution in [-0.2, 0) is 24.0 Å². The number of allylic oxidation sites excluding steroid dienone is 10. The van der Waals surface area contributed by atoms with Crippen LogP contribution in [0.15, 0.2) is 58.7 Å². The number of unbranched alkanes of at least 4 members (excludes halogenated alkanes) is 2. The molecule has 2 aliphatic carbocycles. The Morgan fingerprint density at radius 2 is 1.16 bits per heavy atom. The molecule has 0 fully saturated rings. The van der Waals surface area contributed by atoms with Crippen molar-refractivity contribution in [3.05, 3.63) is 58.7 Å². The van der Waals surface area contributed by atoms with Crippen molar-refractivity contribution < 1.29 is 34.2 Å². The van der Waals surface area contributed by atoms with Crippen molar-refractivity contribution in [2.75, 3.05) is 6.61 Å². The molecule has 0 amide bonds. The summed E-state index contributed by atoms with van der Waals surface area (Å²) in [7, 11) is 0. The summed E-state index contributed by atoms with van der Waals surface area (Å²) in [5.41, 5.74) is 0.0539. The van der Waals surface area contributed by atoms with Gasteiger partial charge in [-0.1, -0.05) is 38.8 Å². The predicted molar refractivity (Wildman–Crippen MR) is 141 cm³/mol. The first kappa shape index (κ1) is 30.0. The third kappa shape index (κ3) is 9.01. The number of aliphatic hydroxyl groups excluding tert-OH is 1. The Kier molecular flexibility index (Phi) is 10.4. The van der Waals surface area contributed by atoms with Crippen LogP contribution in [0, 0.1) is 10.8 Å². The molecule has 0 bridgehead atoms. The molecule has 37 heavy (non-hydrogen) atoms. The molecule has 0 aliphatic heterocycles. The summed E-state index contributed by atoms with van der Waals surface area (Å²) < 4.78 is 0. The number of aliphatic carboxylic acids is 1. The van der Waals surface area contributed by atoms with Crippen LogP contribution < -0.4 is 0 Å². The molecule has 200 valence electrons. The van der Waals surface area contributed by atoms with Gasteiger partial charge in [-0.05, 0) is 82.1 Å². The Morgan fingerprint density at radius 3 is 1.57 bits per heavy atom. The molecule has 0 atom stereocenters. The molecule has 0 aromatic heterocycles. The zero-order chi connectivity index (χ0) is 27.8. The standard InChI is InChI=1S/C30H38O7/c1-29(2,19-31)13-7-5-9-20-15-24(32)17-22(26(20)34)11-12-23-18-25(33)16-21(27(23)35)10-6-8-14-30(3,4)28(36)37/h11-12,15-18,31H,5-10,13-14,19H2,1-4H3,(H,36,37)/b12-11-. The zero-order valence-electron chi connectivity index (χ0n) is 22.3. The van der Waals surface area contributed by atoms with Crippen molar-refractivity contribution in [1.82, 2.24) is 0 Å². The fraction of sp³-hybridized carbons (Fsp3) is 0.500. The molecule has 7 heteroatoms. The lowest BCUT2D eigenvalue weighted by atomic mass is 9.85. The maximum atomic E-state index is 12.9. The van der Waals surface area contributed by atoms with E-state index in [-0.39, 0.29) is 46.3 Å². The molecule has 7 nitrogen and oxygen atoms in total. The lowest BCUT2D eigenvalue weighted by Crippen LogP contribution is -2.23. The number of ketones is 4. The van der Waals surface area contributed by atoms with Crippen LogP contribution in [0.1, 0.15) is 79.1 Å². The van der Waals surface area contributed by atoms with Crippen molar-refractivity contribution >= 4 is 29.1 Å². The van der Waals surface area contributed by atoms with E-state index in [1.54, 1.807) is 13.8 Å². The lowest BCUT2D eigenvalue weighted by Gasteiger charge is -2.21. The van der Waals surface area contributed by atoms with Crippen molar-refractivity contribution in [3.8, 4) is 0 Å². The van der Waals surface area contributed by atoms with E-state index in [1.165, 1.54) is 36.5 Å². The second-order valence-electron chi connectivity index (χ2n) is 11.3. The van der Waals surface area contributed by atoms with Crippen LogP contribution in [0.5, 0.6) is 0 Å². The average molecular weight is 511 g/mol. The van der Waals surface area contributed by atoms with Gasteiger partial charge in [0.25, 0.3) is 0 Å². The minimum absolute atomic E-state index is 0.0850. The number of rotatable bonds is 14. The minimum atomic E-state index is -0.875. The van der Waals surface area contributed by atoms with Gasteiger partial charge in [0.1, 0.15) is 0 Å². The fourth-order valence-corrected chi connectivity index (χ4v) is 4.15. The highest BCUT2D eigenvalue weighted by Crippen LogP contribution is 2.27. The summed E-state index contributed by atoms with van der Waals surface area (Å²) in [5, 5.41) is 18.6. The Morgan fingerprint density at radius 1 is 0.730 bits per heavy atom. The number of carbonyl (C=O) groups excluding carboxylic acids is 4. The van der Waals surface area contributed by atoms with Crippen LogP contribution >= 0.6 is 0 Å². The van der Waals surface area contributed by atoms with Crippen molar-refractivity contribution in [1.29, 1.82) is 0 Å². The molecule has 0 saturated heterocycles. The third-order valence-corrected chi connectivity index (χ3v) is 6.83. The minimum Gasteiger partial charge on any atom is -0.481 e. The van der Waals surface area contributed by atoms with E-state index in [2.05, 4.69) is 0 Å². The van der Waals surface area contributed by atoms with Gasteiger partial charge in [0, 0.05) is 28.9 Å². The van der Waals surface area contributed by atoms with Gasteiger partial charge >= 0.3 is 5.97 Å². The van der Waals surface area contributed by atoms with Crippen LogP contribution in [0.2, 0.25) is 0 Å². The summed E-state index contributed by atoms with van der Waals surface area (Å²) in [5.74, 6) is -2.09. The van der Waals surface area contributed by atoms with E-state index < -0.39 is 11.4 Å². The van der Waals surface area contributed by atoms with Gasteiger partial charge in [-0.15, -0.1) is 0 Å². The predicted octanol–water partition coefficient (Wildman–Crippen LogP) is 4.80. The molecule has 0 unspecified atom stereocenters. The molecule has 0 aromatic carbocycles. The first-order valence-electron chi connectivity index (χ1n) is 12.8. The Bertz CT molecular complexity index is 1110. The summed E-state index contributed by atoms with van der Waals surface area (Å²) in [4.78, 5) is 61.4. The number of hydrogen-bond acceptors (Lipinski definition) is 6. The van der Waals surface area contributed by atoms with Gasteiger partial charge in [0.15, 0.2) is 23.1 Å².